The highest BCUT2D eigenvalue weighted by atomic mass is 32.2. The van der Waals surface area contributed by atoms with E-state index in [1.54, 1.807) is 63.3 Å². The molecule has 1 N–H and O–H groups in total. The molecule has 0 radical (unpaired) electrons. The predicted octanol–water partition coefficient (Wildman–Crippen LogP) is 5.68. The predicted molar refractivity (Wildman–Crippen MR) is 193 cm³/mol. The van der Waals surface area contributed by atoms with Gasteiger partial charge in [-0.2, -0.15) is 5.10 Å². The number of rotatable bonds is 15. The molecule has 1 fully saturated rings. The number of ether oxygens (including phenoxy) is 4. The van der Waals surface area contributed by atoms with Gasteiger partial charge in [0.15, 0.2) is 0 Å². The zero-order valence-electron chi connectivity index (χ0n) is 29.5. The normalized spacial score (nSPS) is 19.6. The number of methoxy groups -OCH3 is 2. The zero-order valence-corrected chi connectivity index (χ0v) is 30.3. The molecule has 6 rings (SSSR count). The van der Waals surface area contributed by atoms with E-state index < -0.39 is 20.9 Å². The van der Waals surface area contributed by atoms with Crippen molar-refractivity contribution in [1.29, 1.82) is 0 Å². The number of benzene rings is 3. The maximum absolute atomic E-state index is 15.4. The summed E-state index contributed by atoms with van der Waals surface area (Å²) in [7, 11) is -0.930. The molecule has 0 spiro atoms. The van der Waals surface area contributed by atoms with E-state index in [1.807, 2.05) is 41.9 Å². The van der Waals surface area contributed by atoms with Gasteiger partial charge >= 0.3 is 0 Å². The Kier molecular flexibility index (Phi) is 11.4. The molecule has 268 valence electrons. The van der Waals surface area contributed by atoms with Crippen molar-refractivity contribution in [2.45, 2.75) is 74.0 Å². The fraction of sp³-hybridized carbons (Fsp3) is 0.474. The lowest BCUT2D eigenvalue weighted by molar-refractivity contribution is -0.0372. The molecule has 50 heavy (non-hydrogen) atoms. The lowest BCUT2D eigenvalue weighted by atomic mass is 9.94. The number of sulfone groups is 1. The van der Waals surface area contributed by atoms with Crippen LogP contribution in [0.1, 0.15) is 61.8 Å². The van der Waals surface area contributed by atoms with Gasteiger partial charge in [0.1, 0.15) is 30.8 Å². The molecule has 0 bridgehead atoms. The molecule has 2 unspecified atom stereocenters. The Hall–Kier alpha value is -3.97. The Morgan fingerprint density at radius 3 is 2.48 bits per heavy atom. The number of fused-ring (bicyclic) bond motifs is 1. The second-order valence-corrected chi connectivity index (χ2v) is 15.2. The van der Waals surface area contributed by atoms with E-state index >= 15 is 8.42 Å². The van der Waals surface area contributed by atoms with Crippen molar-refractivity contribution in [3.05, 3.63) is 96.1 Å². The van der Waals surface area contributed by atoms with Crippen molar-refractivity contribution in [1.82, 2.24) is 20.1 Å². The number of nitrogens with one attached hydrogen (secondary N) is 1. The van der Waals surface area contributed by atoms with Crippen LogP contribution < -0.4 is 19.7 Å². The van der Waals surface area contributed by atoms with Crippen LogP contribution in [0.5, 0.6) is 11.5 Å². The molecule has 3 aromatic carbocycles. The smallest absolute Gasteiger partial charge is 0.225 e. The minimum Gasteiger partial charge on any atom is -0.497 e. The molecular weight excluding hydrogens is 655 g/mol. The second kappa shape index (κ2) is 15.9. The topological polar surface area (TPSA) is 117 Å². The van der Waals surface area contributed by atoms with Gasteiger partial charge < -0.3 is 29.2 Å². The molecule has 2 aliphatic heterocycles. The van der Waals surface area contributed by atoms with Crippen LogP contribution >= 0.6 is 0 Å². The van der Waals surface area contributed by atoms with Crippen LogP contribution in [0.25, 0.3) is 0 Å². The van der Waals surface area contributed by atoms with E-state index in [9.17, 15) is 0 Å². The molecule has 4 aromatic rings. The molecular formula is C38H49N5O6S. The quantitative estimate of drug-likeness (QED) is 0.155. The summed E-state index contributed by atoms with van der Waals surface area (Å²) < 4.78 is 56.7. The average Bonchev–Trinajstić information content (AvgIpc) is 3.69. The van der Waals surface area contributed by atoms with Crippen molar-refractivity contribution < 1.29 is 27.4 Å². The van der Waals surface area contributed by atoms with E-state index in [0.717, 1.165) is 43.5 Å². The lowest BCUT2D eigenvalue weighted by Crippen LogP contribution is -2.49. The zero-order chi connectivity index (χ0) is 35.1. The largest absolute Gasteiger partial charge is 0.497 e. The average molecular weight is 704 g/mol. The minimum absolute atomic E-state index is 0.185. The van der Waals surface area contributed by atoms with Crippen LogP contribution in [0.4, 0.5) is 5.69 Å². The highest BCUT2D eigenvalue weighted by Gasteiger charge is 2.52. The monoisotopic (exact) mass is 703 g/mol. The van der Waals surface area contributed by atoms with Crippen molar-refractivity contribution in [3.63, 3.8) is 0 Å². The summed E-state index contributed by atoms with van der Waals surface area (Å²) in [5.74, 6) is 1.34. The van der Waals surface area contributed by atoms with Crippen LogP contribution in [0.2, 0.25) is 0 Å². The molecule has 11 nitrogen and oxygen atoms in total. The molecule has 2 aliphatic rings. The van der Waals surface area contributed by atoms with E-state index in [0.29, 0.717) is 55.4 Å². The fourth-order valence-corrected chi connectivity index (χ4v) is 9.07. The number of piperidine rings is 1. The van der Waals surface area contributed by atoms with Gasteiger partial charge in [0.05, 0.1) is 36.4 Å². The van der Waals surface area contributed by atoms with Gasteiger partial charge in [-0.3, -0.25) is 0 Å². The molecule has 12 heteroatoms. The lowest BCUT2D eigenvalue weighted by Gasteiger charge is -2.41. The highest BCUT2D eigenvalue weighted by molar-refractivity contribution is 7.92. The van der Waals surface area contributed by atoms with Crippen molar-refractivity contribution >= 4 is 15.5 Å². The maximum atomic E-state index is 15.4. The molecule has 0 aliphatic carbocycles. The van der Waals surface area contributed by atoms with E-state index in [2.05, 4.69) is 27.2 Å². The first-order valence-electron chi connectivity index (χ1n) is 17.5. The van der Waals surface area contributed by atoms with Crippen LogP contribution in [-0.2, 0) is 24.2 Å². The third kappa shape index (κ3) is 7.39. The van der Waals surface area contributed by atoms with Gasteiger partial charge in [0.2, 0.25) is 14.8 Å². The van der Waals surface area contributed by atoms with Gasteiger partial charge in [0, 0.05) is 44.0 Å². The number of hydrogen-bond donors (Lipinski definition) is 1. The van der Waals surface area contributed by atoms with Crippen LogP contribution in [0.15, 0.2) is 84.3 Å². The van der Waals surface area contributed by atoms with Crippen molar-refractivity contribution in [2.24, 2.45) is 0 Å². The number of aryl methyl sites for hydroxylation is 1. The Bertz CT molecular complexity index is 1780. The summed E-state index contributed by atoms with van der Waals surface area (Å²) in [6.45, 7) is 7.20. The van der Waals surface area contributed by atoms with E-state index in [1.165, 1.54) is 0 Å². The van der Waals surface area contributed by atoms with Gasteiger partial charge in [-0.05, 0) is 75.4 Å². The second-order valence-electron chi connectivity index (χ2n) is 13.1. The van der Waals surface area contributed by atoms with E-state index in [4.69, 9.17) is 18.9 Å². The highest BCUT2D eigenvalue weighted by Crippen LogP contribution is 2.47. The standard InChI is InChI=1S/C38H49N5O6S/c1-5-32(43-27-39-26-41-43)24-31-12-15-34(25-40-31)49-38(29-9-13-33(47-4)14-10-29,50(44,45)35-16-7-28(2)8-17-35)30-11-18-37-36(23-30)42(20-22-48-37)19-6-21-46-3/h7-11,13-14,16-18,23,26-27,31-32,34,40H,5-6,12,15,19-22,24-25H2,1-4H3/t31-,32?,34-,38?/m1/s1. The minimum atomic E-state index is -4.22. The number of anilines is 1. The van der Waals surface area contributed by atoms with Gasteiger partial charge in [-0.25, -0.2) is 18.1 Å². The van der Waals surface area contributed by atoms with Crippen LogP contribution in [0.3, 0.4) is 0 Å². The molecule has 1 aromatic heterocycles. The fourth-order valence-electron chi connectivity index (χ4n) is 7.10. The van der Waals surface area contributed by atoms with Crippen molar-refractivity contribution in [3.8, 4) is 11.5 Å². The molecule has 3 heterocycles. The molecule has 4 atom stereocenters. The Balaban J connectivity index is 1.43. The van der Waals surface area contributed by atoms with Gasteiger partial charge in [-0.15, -0.1) is 0 Å². The number of aromatic nitrogens is 3. The SMILES string of the molecule is CCC(C[C@H]1CC[C@@H](OC(c2ccc(OC)cc2)(c2ccc3c(c2)N(CCCOC)CCO3)S(=O)(=O)c2ccc(C)cc2)CN1)n1cncn1. The Morgan fingerprint density at radius 1 is 1.04 bits per heavy atom. The van der Waals surface area contributed by atoms with Crippen molar-refractivity contribution in [2.75, 3.05) is 52.0 Å². The summed E-state index contributed by atoms with van der Waals surface area (Å²) in [5, 5.41) is 8.06. The summed E-state index contributed by atoms with van der Waals surface area (Å²) in [6.07, 6.45) is 7.10. The summed E-state index contributed by atoms with van der Waals surface area (Å²) in [6, 6.07) is 20.3. The third-order valence-corrected chi connectivity index (χ3v) is 12.1. The van der Waals surface area contributed by atoms with Gasteiger partial charge in [0.25, 0.3) is 0 Å². The number of nitrogens with zero attached hydrogens (tertiary/aromatic N) is 4. The first-order chi connectivity index (χ1) is 24.3. The van der Waals surface area contributed by atoms with Gasteiger partial charge in [-0.1, -0.05) is 42.8 Å². The Labute approximate surface area is 295 Å². The molecule has 0 saturated carbocycles. The number of hydrogen-bond acceptors (Lipinski definition) is 10. The molecule has 1 saturated heterocycles. The maximum Gasteiger partial charge on any atom is 0.225 e. The van der Waals surface area contributed by atoms with Crippen LogP contribution in [-0.4, -0.2) is 82.4 Å². The van der Waals surface area contributed by atoms with E-state index in [-0.39, 0.29) is 17.0 Å². The van der Waals surface area contributed by atoms with Crippen LogP contribution in [0, 0.1) is 6.92 Å². The first-order valence-corrected chi connectivity index (χ1v) is 19.0. The third-order valence-electron chi connectivity index (χ3n) is 9.90. The summed E-state index contributed by atoms with van der Waals surface area (Å²) >= 11 is 0. The molecule has 0 amide bonds. The first kappa shape index (κ1) is 35.8. The Morgan fingerprint density at radius 2 is 1.82 bits per heavy atom. The summed E-state index contributed by atoms with van der Waals surface area (Å²) in [4.78, 5) is 4.68. The summed E-state index contributed by atoms with van der Waals surface area (Å²) in [5.41, 5.74) is 2.83.